The molecule has 0 saturated carbocycles. The smallest absolute Gasteiger partial charge is 0.274 e. The Balaban J connectivity index is 2.10. The van der Waals surface area contributed by atoms with E-state index in [0.29, 0.717) is 18.0 Å². The topological polar surface area (TPSA) is 89.4 Å². The molecule has 1 aromatic carbocycles. The van der Waals surface area contributed by atoms with Crippen LogP contribution in [0.2, 0.25) is 0 Å². The summed E-state index contributed by atoms with van der Waals surface area (Å²) in [7, 11) is 1.57. The highest BCUT2D eigenvalue weighted by molar-refractivity contribution is 5.90. The predicted octanol–water partition coefficient (Wildman–Crippen LogP) is 1.83. The Bertz CT molecular complexity index is 858. The Morgan fingerprint density at radius 1 is 1.12 bits per heavy atom. The van der Waals surface area contributed by atoms with E-state index in [1.807, 2.05) is 24.3 Å². The maximum Gasteiger partial charge on any atom is 0.274 e. The lowest BCUT2D eigenvalue weighted by atomic mass is 10.2. The lowest BCUT2D eigenvalue weighted by Gasteiger charge is -2.13. The van der Waals surface area contributed by atoms with Gasteiger partial charge in [0.1, 0.15) is 18.0 Å². The number of nitrogens with one attached hydrogen (secondary N) is 2. The van der Waals surface area contributed by atoms with Crippen molar-refractivity contribution >= 4 is 17.5 Å². The summed E-state index contributed by atoms with van der Waals surface area (Å²) in [5.74, 6) is 0.128. The summed E-state index contributed by atoms with van der Waals surface area (Å²) >= 11 is 0. The molecule has 26 heavy (non-hydrogen) atoms. The summed E-state index contributed by atoms with van der Waals surface area (Å²) in [5.41, 5.74) is 1.24. The molecule has 1 aromatic heterocycles. The highest BCUT2D eigenvalue weighted by Crippen LogP contribution is 2.16. The number of methoxy groups -OCH3 is 1. The number of aromatic nitrogens is 1. The molecule has 2 amide bonds. The van der Waals surface area contributed by atoms with Crippen LogP contribution in [-0.4, -0.2) is 23.5 Å². The van der Waals surface area contributed by atoms with E-state index in [-0.39, 0.29) is 30.5 Å². The molecular weight excluding hydrogens is 334 g/mol. The standard InChI is InChI=1S/C19H23N3O4/c1-4-17(23)21-15-10-9-13(2)22(19(15)25)12-18(24)20-11-14-7-5-6-8-16(14)26-3/h5-10H,4,11-12H2,1-3H3,(H,20,24)(H,21,23). The molecule has 0 bridgehead atoms. The maximum atomic E-state index is 12.5. The Hall–Kier alpha value is -3.09. The second-order valence-corrected chi connectivity index (χ2v) is 5.77. The molecule has 0 spiro atoms. The van der Waals surface area contributed by atoms with Crippen molar-refractivity contribution in [1.82, 2.24) is 9.88 Å². The molecule has 0 fully saturated rings. The summed E-state index contributed by atoms with van der Waals surface area (Å²) in [4.78, 5) is 36.3. The fraction of sp³-hybridized carbons (Fsp3) is 0.316. The monoisotopic (exact) mass is 357 g/mol. The molecule has 0 aliphatic heterocycles. The second kappa shape index (κ2) is 8.84. The molecule has 0 saturated heterocycles. The molecule has 0 atom stereocenters. The molecule has 2 rings (SSSR count). The number of para-hydroxylation sites is 1. The van der Waals surface area contributed by atoms with Crippen LogP contribution >= 0.6 is 0 Å². The summed E-state index contributed by atoms with van der Waals surface area (Å²) in [5, 5.41) is 5.34. The number of amides is 2. The van der Waals surface area contributed by atoms with Gasteiger partial charge in [-0.15, -0.1) is 0 Å². The fourth-order valence-corrected chi connectivity index (χ4v) is 2.44. The summed E-state index contributed by atoms with van der Waals surface area (Å²) < 4.78 is 6.59. The van der Waals surface area contributed by atoms with Gasteiger partial charge in [-0.3, -0.25) is 14.4 Å². The Kier molecular flexibility index (Phi) is 6.54. The normalized spacial score (nSPS) is 10.3. The highest BCUT2D eigenvalue weighted by atomic mass is 16.5. The summed E-state index contributed by atoms with van der Waals surface area (Å²) in [6.07, 6.45) is 0.271. The summed E-state index contributed by atoms with van der Waals surface area (Å²) in [6, 6.07) is 10.6. The molecule has 0 aliphatic carbocycles. The van der Waals surface area contributed by atoms with Crippen molar-refractivity contribution in [1.29, 1.82) is 0 Å². The van der Waals surface area contributed by atoms with E-state index in [2.05, 4.69) is 10.6 Å². The van der Waals surface area contributed by atoms with Crippen molar-refractivity contribution in [3.8, 4) is 5.75 Å². The highest BCUT2D eigenvalue weighted by Gasteiger charge is 2.12. The average molecular weight is 357 g/mol. The van der Waals surface area contributed by atoms with Crippen molar-refractivity contribution < 1.29 is 14.3 Å². The van der Waals surface area contributed by atoms with Crippen molar-refractivity contribution in [2.75, 3.05) is 12.4 Å². The number of ether oxygens (including phenoxy) is 1. The first-order valence-electron chi connectivity index (χ1n) is 8.35. The van der Waals surface area contributed by atoms with Crippen molar-refractivity contribution in [3.63, 3.8) is 0 Å². The van der Waals surface area contributed by atoms with Crippen LogP contribution in [0.25, 0.3) is 0 Å². The second-order valence-electron chi connectivity index (χ2n) is 5.77. The number of hydrogen-bond acceptors (Lipinski definition) is 4. The first-order valence-corrected chi connectivity index (χ1v) is 8.35. The number of nitrogens with zero attached hydrogens (tertiary/aromatic N) is 1. The molecule has 1 heterocycles. The van der Waals surface area contributed by atoms with Crippen LogP contribution in [0.4, 0.5) is 5.69 Å². The Morgan fingerprint density at radius 3 is 2.54 bits per heavy atom. The van der Waals surface area contributed by atoms with Crippen molar-refractivity contribution in [2.24, 2.45) is 0 Å². The molecule has 7 nitrogen and oxygen atoms in total. The van der Waals surface area contributed by atoms with E-state index in [1.54, 1.807) is 33.1 Å². The van der Waals surface area contributed by atoms with Gasteiger partial charge in [0, 0.05) is 24.2 Å². The zero-order chi connectivity index (χ0) is 19.1. The predicted molar refractivity (Wildman–Crippen MR) is 99.2 cm³/mol. The molecule has 0 radical (unpaired) electrons. The van der Waals surface area contributed by atoms with E-state index >= 15 is 0 Å². The number of aryl methyl sites for hydroxylation is 1. The van der Waals surface area contributed by atoms with E-state index in [1.165, 1.54) is 4.57 Å². The van der Waals surface area contributed by atoms with Gasteiger partial charge in [-0.2, -0.15) is 0 Å². The van der Waals surface area contributed by atoms with Gasteiger partial charge >= 0.3 is 0 Å². The SMILES string of the molecule is CCC(=O)Nc1ccc(C)n(CC(=O)NCc2ccccc2OC)c1=O. The van der Waals surface area contributed by atoms with Gasteiger partial charge in [0.25, 0.3) is 5.56 Å². The molecule has 2 aromatic rings. The van der Waals surface area contributed by atoms with Crippen LogP contribution in [0.15, 0.2) is 41.2 Å². The van der Waals surface area contributed by atoms with Crippen LogP contribution in [0.5, 0.6) is 5.75 Å². The van der Waals surface area contributed by atoms with Crippen LogP contribution in [-0.2, 0) is 22.7 Å². The quantitative estimate of drug-likeness (QED) is 0.791. The number of carbonyl (C=O) groups excluding carboxylic acids is 2. The average Bonchev–Trinajstić information content (AvgIpc) is 2.65. The minimum absolute atomic E-state index is 0.129. The van der Waals surface area contributed by atoms with Gasteiger partial charge in [-0.05, 0) is 25.1 Å². The third-order valence-corrected chi connectivity index (χ3v) is 3.96. The molecule has 0 aliphatic rings. The third kappa shape index (κ3) is 4.72. The lowest BCUT2D eigenvalue weighted by Crippen LogP contribution is -2.34. The van der Waals surface area contributed by atoms with Gasteiger partial charge in [-0.1, -0.05) is 25.1 Å². The van der Waals surface area contributed by atoms with E-state index in [0.717, 1.165) is 5.56 Å². The third-order valence-electron chi connectivity index (χ3n) is 3.96. The van der Waals surface area contributed by atoms with Crippen LogP contribution in [0, 0.1) is 6.92 Å². The van der Waals surface area contributed by atoms with Gasteiger partial charge in [0.2, 0.25) is 11.8 Å². The number of pyridine rings is 1. The minimum Gasteiger partial charge on any atom is -0.496 e. The van der Waals surface area contributed by atoms with Gasteiger partial charge < -0.3 is 19.9 Å². The maximum absolute atomic E-state index is 12.5. The molecule has 2 N–H and O–H groups in total. The fourth-order valence-electron chi connectivity index (χ4n) is 2.44. The Labute approximate surface area is 152 Å². The van der Waals surface area contributed by atoms with Crippen molar-refractivity contribution in [2.45, 2.75) is 33.4 Å². The zero-order valence-electron chi connectivity index (χ0n) is 15.2. The lowest BCUT2D eigenvalue weighted by molar-refractivity contribution is -0.122. The Morgan fingerprint density at radius 2 is 1.85 bits per heavy atom. The largest absolute Gasteiger partial charge is 0.496 e. The number of hydrogen-bond donors (Lipinski definition) is 2. The van der Waals surface area contributed by atoms with Gasteiger partial charge in [0.05, 0.1) is 7.11 Å². The first kappa shape index (κ1) is 19.2. The van der Waals surface area contributed by atoms with E-state index in [9.17, 15) is 14.4 Å². The van der Waals surface area contributed by atoms with Gasteiger partial charge in [-0.25, -0.2) is 0 Å². The van der Waals surface area contributed by atoms with Crippen molar-refractivity contribution in [3.05, 3.63) is 58.0 Å². The van der Waals surface area contributed by atoms with Gasteiger partial charge in [0.15, 0.2) is 0 Å². The van der Waals surface area contributed by atoms with E-state index in [4.69, 9.17) is 4.74 Å². The minimum atomic E-state index is -0.403. The summed E-state index contributed by atoms with van der Waals surface area (Å²) in [6.45, 7) is 3.60. The number of anilines is 1. The van der Waals surface area contributed by atoms with Crippen LogP contribution < -0.4 is 20.9 Å². The molecule has 7 heteroatoms. The first-order chi connectivity index (χ1) is 12.5. The number of carbonyl (C=O) groups is 2. The zero-order valence-corrected chi connectivity index (χ0v) is 15.2. The van der Waals surface area contributed by atoms with E-state index < -0.39 is 5.56 Å². The molecular formula is C19H23N3O4. The number of benzene rings is 1. The molecule has 0 unspecified atom stereocenters. The number of rotatable bonds is 7. The van der Waals surface area contributed by atoms with Crippen LogP contribution in [0.1, 0.15) is 24.6 Å². The van der Waals surface area contributed by atoms with Crippen LogP contribution in [0.3, 0.4) is 0 Å². The molecule has 138 valence electrons.